The number of non-ortho nitro benzene ring substituents is 1. The summed E-state index contributed by atoms with van der Waals surface area (Å²) >= 11 is 0. The number of methoxy groups -OCH3 is 1. The Morgan fingerprint density at radius 3 is 2.57 bits per heavy atom. The van der Waals surface area contributed by atoms with Crippen molar-refractivity contribution in [2.45, 2.75) is 12.8 Å². The highest BCUT2D eigenvalue weighted by molar-refractivity contribution is 6.00. The van der Waals surface area contributed by atoms with Crippen LogP contribution in [0.5, 0.6) is 11.5 Å². The standard InChI is InChI=1S/C20H23N3O5/c1-27-18-6-2-3-7-19(18)28-13-10-21-20(24)16-14-15(23(25)26)8-9-17(16)22-11-4-5-12-22/h2-3,6-9,14H,4-5,10-13H2,1H3,(H,21,24). The fourth-order valence-electron chi connectivity index (χ4n) is 3.21. The summed E-state index contributed by atoms with van der Waals surface area (Å²) in [6.45, 7) is 2.20. The van der Waals surface area contributed by atoms with Gasteiger partial charge in [-0.2, -0.15) is 0 Å². The molecule has 0 atom stereocenters. The maximum atomic E-state index is 12.7. The van der Waals surface area contributed by atoms with Gasteiger partial charge in [0.1, 0.15) is 6.61 Å². The fraction of sp³-hybridized carbons (Fsp3) is 0.350. The Bertz CT molecular complexity index is 849. The van der Waals surface area contributed by atoms with Crippen molar-refractivity contribution in [2.24, 2.45) is 0 Å². The van der Waals surface area contributed by atoms with E-state index in [-0.39, 0.29) is 24.7 Å². The van der Waals surface area contributed by atoms with Gasteiger partial charge in [0.15, 0.2) is 11.5 Å². The largest absolute Gasteiger partial charge is 0.493 e. The summed E-state index contributed by atoms with van der Waals surface area (Å²) in [6, 6.07) is 11.7. The first-order chi connectivity index (χ1) is 13.6. The SMILES string of the molecule is COc1ccccc1OCCNC(=O)c1cc([N+](=O)[O-])ccc1N1CCCC1. The molecule has 0 bridgehead atoms. The maximum absolute atomic E-state index is 12.7. The molecule has 1 aliphatic heterocycles. The lowest BCUT2D eigenvalue weighted by Gasteiger charge is -2.21. The first-order valence-corrected chi connectivity index (χ1v) is 9.17. The van der Waals surface area contributed by atoms with Gasteiger partial charge in [0.05, 0.1) is 29.8 Å². The second-order valence-electron chi connectivity index (χ2n) is 6.41. The Balaban J connectivity index is 1.65. The van der Waals surface area contributed by atoms with Crippen molar-refractivity contribution in [3.05, 3.63) is 58.1 Å². The third-order valence-electron chi connectivity index (χ3n) is 4.60. The lowest BCUT2D eigenvalue weighted by molar-refractivity contribution is -0.384. The Hall–Kier alpha value is -3.29. The van der Waals surface area contributed by atoms with Gasteiger partial charge in [0.25, 0.3) is 11.6 Å². The molecule has 3 rings (SSSR count). The van der Waals surface area contributed by atoms with Crippen molar-refractivity contribution in [3.63, 3.8) is 0 Å². The first-order valence-electron chi connectivity index (χ1n) is 9.17. The van der Waals surface area contributed by atoms with Crippen LogP contribution in [0.4, 0.5) is 11.4 Å². The molecule has 1 aliphatic rings. The molecule has 0 radical (unpaired) electrons. The zero-order chi connectivity index (χ0) is 19.9. The molecule has 148 valence electrons. The molecule has 1 heterocycles. The molecular weight excluding hydrogens is 362 g/mol. The molecule has 2 aromatic carbocycles. The Kier molecular flexibility index (Phi) is 6.31. The first kappa shape index (κ1) is 19.5. The molecule has 0 aliphatic carbocycles. The summed E-state index contributed by atoms with van der Waals surface area (Å²) in [5.74, 6) is 0.852. The number of rotatable bonds is 8. The zero-order valence-corrected chi connectivity index (χ0v) is 15.7. The number of nitrogens with one attached hydrogen (secondary N) is 1. The summed E-state index contributed by atoms with van der Waals surface area (Å²) in [7, 11) is 1.56. The molecular formula is C20H23N3O5. The minimum Gasteiger partial charge on any atom is -0.493 e. The van der Waals surface area contributed by atoms with E-state index < -0.39 is 4.92 Å². The third kappa shape index (κ3) is 4.51. The van der Waals surface area contributed by atoms with Gasteiger partial charge in [-0.15, -0.1) is 0 Å². The number of nitro groups is 1. The number of benzene rings is 2. The van der Waals surface area contributed by atoms with Gasteiger partial charge in [0, 0.05) is 25.2 Å². The quantitative estimate of drug-likeness (QED) is 0.426. The predicted octanol–water partition coefficient (Wildman–Crippen LogP) is 3.01. The number of nitro benzene ring substituents is 1. The van der Waals surface area contributed by atoms with Crippen molar-refractivity contribution in [1.29, 1.82) is 0 Å². The maximum Gasteiger partial charge on any atom is 0.270 e. The predicted molar refractivity (Wildman–Crippen MR) is 105 cm³/mol. The van der Waals surface area contributed by atoms with Gasteiger partial charge in [-0.1, -0.05) is 12.1 Å². The lowest BCUT2D eigenvalue weighted by atomic mass is 10.1. The van der Waals surface area contributed by atoms with Gasteiger partial charge in [0.2, 0.25) is 0 Å². The van der Waals surface area contributed by atoms with Gasteiger partial charge in [-0.3, -0.25) is 14.9 Å². The molecule has 28 heavy (non-hydrogen) atoms. The van der Waals surface area contributed by atoms with Gasteiger partial charge >= 0.3 is 0 Å². The highest BCUT2D eigenvalue weighted by Crippen LogP contribution is 2.28. The minimum atomic E-state index is -0.491. The summed E-state index contributed by atoms with van der Waals surface area (Å²) < 4.78 is 10.9. The third-order valence-corrected chi connectivity index (χ3v) is 4.60. The summed E-state index contributed by atoms with van der Waals surface area (Å²) in [5, 5.41) is 13.9. The minimum absolute atomic E-state index is 0.0987. The van der Waals surface area contributed by atoms with Gasteiger partial charge in [-0.25, -0.2) is 0 Å². The second kappa shape index (κ2) is 9.07. The van der Waals surface area contributed by atoms with Crippen LogP contribution in [-0.4, -0.2) is 44.2 Å². The molecule has 1 saturated heterocycles. The van der Waals surface area contributed by atoms with Crippen LogP contribution in [-0.2, 0) is 0 Å². The summed E-state index contributed by atoms with van der Waals surface area (Å²) in [5.41, 5.74) is 0.943. The van der Waals surface area contributed by atoms with E-state index >= 15 is 0 Å². The van der Waals surface area contributed by atoms with Crippen molar-refractivity contribution in [1.82, 2.24) is 5.32 Å². The second-order valence-corrected chi connectivity index (χ2v) is 6.41. The van der Waals surface area contributed by atoms with E-state index in [4.69, 9.17) is 9.47 Å². The average Bonchev–Trinajstić information content (AvgIpc) is 3.25. The highest BCUT2D eigenvalue weighted by Gasteiger charge is 2.22. The molecule has 2 aromatic rings. The number of hydrogen-bond donors (Lipinski definition) is 1. The molecule has 0 unspecified atom stereocenters. The van der Waals surface area contributed by atoms with E-state index in [1.807, 2.05) is 12.1 Å². The Morgan fingerprint density at radius 1 is 1.18 bits per heavy atom. The summed E-state index contributed by atoms with van der Waals surface area (Å²) in [4.78, 5) is 25.4. The van der Waals surface area contributed by atoms with Crippen LogP contribution in [0, 0.1) is 10.1 Å². The van der Waals surface area contributed by atoms with Crippen LogP contribution in [0.1, 0.15) is 23.2 Å². The van der Waals surface area contributed by atoms with E-state index in [2.05, 4.69) is 10.2 Å². The van der Waals surface area contributed by atoms with Crippen LogP contribution in [0.15, 0.2) is 42.5 Å². The monoisotopic (exact) mass is 385 g/mol. The Morgan fingerprint density at radius 2 is 1.89 bits per heavy atom. The fourth-order valence-corrected chi connectivity index (χ4v) is 3.21. The van der Waals surface area contributed by atoms with Crippen LogP contribution >= 0.6 is 0 Å². The number of ether oxygens (including phenoxy) is 2. The van der Waals surface area contributed by atoms with Crippen molar-refractivity contribution >= 4 is 17.3 Å². The number of carbonyl (C=O) groups is 1. The molecule has 8 nitrogen and oxygen atoms in total. The number of hydrogen-bond acceptors (Lipinski definition) is 6. The van der Waals surface area contributed by atoms with E-state index in [1.165, 1.54) is 12.1 Å². The molecule has 1 fully saturated rings. The van der Waals surface area contributed by atoms with Crippen LogP contribution in [0.2, 0.25) is 0 Å². The molecule has 0 saturated carbocycles. The number of carbonyl (C=O) groups excluding carboxylic acids is 1. The zero-order valence-electron chi connectivity index (χ0n) is 15.7. The topological polar surface area (TPSA) is 93.9 Å². The van der Waals surface area contributed by atoms with Crippen LogP contribution in [0.25, 0.3) is 0 Å². The van der Waals surface area contributed by atoms with Crippen molar-refractivity contribution < 1.29 is 19.2 Å². The average molecular weight is 385 g/mol. The highest BCUT2D eigenvalue weighted by atomic mass is 16.6. The number of nitrogens with zero attached hydrogens (tertiary/aromatic N) is 2. The van der Waals surface area contributed by atoms with Crippen molar-refractivity contribution in [2.75, 3.05) is 38.3 Å². The molecule has 0 spiro atoms. The van der Waals surface area contributed by atoms with Crippen LogP contribution in [0.3, 0.4) is 0 Å². The Labute approximate surface area is 163 Å². The van der Waals surface area contributed by atoms with E-state index in [0.717, 1.165) is 31.6 Å². The van der Waals surface area contributed by atoms with Gasteiger partial charge in [-0.05, 0) is 31.0 Å². The van der Waals surface area contributed by atoms with E-state index in [0.29, 0.717) is 17.1 Å². The lowest BCUT2D eigenvalue weighted by Crippen LogP contribution is -2.30. The summed E-state index contributed by atoms with van der Waals surface area (Å²) in [6.07, 6.45) is 2.09. The number of para-hydroxylation sites is 2. The molecule has 1 N–H and O–H groups in total. The van der Waals surface area contributed by atoms with E-state index in [9.17, 15) is 14.9 Å². The van der Waals surface area contributed by atoms with E-state index in [1.54, 1.807) is 25.3 Å². The molecule has 8 heteroatoms. The molecule has 0 aromatic heterocycles. The number of anilines is 1. The normalized spacial score (nSPS) is 13.2. The smallest absolute Gasteiger partial charge is 0.270 e. The van der Waals surface area contributed by atoms with Gasteiger partial charge < -0.3 is 19.7 Å². The van der Waals surface area contributed by atoms with Crippen LogP contribution < -0.4 is 19.7 Å². The number of amides is 1. The van der Waals surface area contributed by atoms with Crippen molar-refractivity contribution in [3.8, 4) is 11.5 Å². The molecule has 1 amide bonds.